The van der Waals surface area contributed by atoms with Crippen LogP contribution < -0.4 is 0 Å². The maximum absolute atomic E-state index is 9.37. The summed E-state index contributed by atoms with van der Waals surface area (Å²) >= 11 is 0. The van der Waals surface area contributed by atoms with Gasteiger partial charge in [-0.1, -0.05) is 0 Å². The third kappa shape index (κ3) is 0.938. The van der Waals surface area contributed by atoms with Crippen molar-refractivity contribution < 1.29 is 10.2 Å². The van der Waals surface area contributed by atoms with Crippen LogP contribution in [-0.4, -0.2) is 23.4 Å². The molecule has 5 unspecified atom stereocenters. The van der Waals surface area contributed by atoms with E-state index in [1.165, 1.54) is 32.1 Å². The first-order chi connectivity index (χ1) is 6.80. The van der Waals surface area contributed by atoms with Gasteiger partial charge in [0.05, 0.1) is 0 Å². The van der Waals surface area contributed by atoms with E-state index in [0.717, 1.165) is 11.8 Å². The highest BCUT2D eigenvalue weighted by Crippen LogP contribution is 2.71. The van der Waals surface area contributed by atoms with Gasteiger partial charge in [-0.25, -0.2) is 0 Å². The topological polar surface area (TPSA) is 40.5 Å². The minimum Gasteiger partial charge on any atom is -0.396 e. The van der Waals surface area contributed by atoms with E-state index in [1.807, 2.05) is 0 Å². The van der Waals surface area contributed by atoms with Crippen molar-refractivity contribution in [3.8, 4) is 0 Å². The molecule has 2 N–H and O–H groups in total. The predicted octanol–water partition coefficient (Wildman–Crippen LogP) is 1.41. The Morgan fingerprint density at radius 2 is 2.00 bits per heavy atom. The molecular weight excluding hydrogens is 176 g/mol. The fraction of sp³-hybridized carbons (Fsp3) is 1.00. The van der Waals surface area contributed by atoms with Gasteiger partial charge in [0, 0.05) is 13.2 Å². The van der Waals surface area contributed by atoms with E-state index in [1.54, 1.807) is 0 Å². The third-order valence-electron chi connectivity index (χ3n) is 5.43. The van der Waals surface area contributed by atoms with Gasteiger partial charge in [-0.2, -0.15) is 0 Å². The molecule has 80 valence electrons. The maximum Gasteiger partial charge on any atom is 0.0464 e. The number of hydrogen-bond donors (Lipinski definition) is 2. The average Bonchev–Trinajstić information content (AvgIpc) is 2.70. The van der Waals surface area contributed by atoms with Crippen molar-refractivity contribution in [2.24, 2.45) is 29.1 Å². The quantitative estimate of drug-likeness (QED) is 0.701. The van der Waals surface area contributed by atoms with Gasteiger partial charge in [-0.3, -0.25) is 0 Å². The lowest BCUT2D eigenvalue weighted by molar-refractivity contribution is -0.0703. The number of fused-ring (bicyclic) bond motifs is 1. The van der Waals surface area contributed by atoms with Gasteiger partial charge in [-0.15, -0.1) is 0 Å². The summed E-state index contributed by atoms with van der Waals surface area (Å²) in [5, 5.41) is 18.6. The van der Waals surface area contributed by atoms with Gasteiger partial charge in [-0.05, 0) is 61.2 Å². The summed E-state index contributed by atoms with van der Waals surface area (Å²) in [7, 11) is 0. The summed E-state index contributed by atoms with van der Waals surface area (Å²) in [4.78, 5) is 0. The molecule has 0 aromatic rings. The van der Waals surface area contributed by atoms with Crippen LogP contribution in [0.15, 0.2) is 0 Å². The second kappa shape index (κ2) is 2.96. The molecule has 4 saturated carbocycles. The molecular formula is C12H20O2. The zero-order chi connectivity index (χ0) is 9.76. The molecule has 0 aliphatic heterocycles. The van der Waals surface area contributed by atoms with Crippen LogP contribution in [-0.2, 0) is 0 Å². The summed E-state index contributed by atoms with van der Waals surface area (Å²) < 4.78 is 0. The Bertz CT molecular complexity index is 238. The summed E-state index contributed by atoms with van der Waals surface area (Å²) in [6.07, 6.45) is 6.33. The Morgan fingerprint density at radius 1 is 1.14 bits per heavy atom. The van der Waals surface area contributed by atoms with E-state index >= 15 is 0 Å². The van der Waals surface area contributed by atoms with Crippen LogP contribution in [0.5, 0.6) is 0 Å². The van der Waals surface area contributed by atoms with Crippen molar-refractivity contribution >= 4 is 0 Å². The largest absolute Gasteiger partial charge is 0.396 e. The van der Waals surface area contributed by atoms with Gasteiger partial charge in [0.15, 0.2) is 0 Å². The SMILES string of the molecule is OCC1CCC23CC(CC2CO)C3C1. The average molecular weight is 196 g/mol. The van der Waals surface area contributed by atoms with Crippen LogP contribution in [0.2, 0.25) is 0 Å². The van der Waals surface area contributed by atoms with Crippen molar-refractivity contribution in [2.75, 3.05) is 13.2 Å². The van der Waals surface area contributed by atoms with Crippen molar-refractivity contribution in [1.82, 2.24) is 0 Å². The zero-order valence-corrected chi connectivity index (χ0v) is 8.65. The minimum absolute atomic E-state index is 0.378. The standard InChI is InChI=1S/C12H20O2/c13-6-8-1-2-12-5-9(11(12)3-8)4-10(12)7-14/h8-11,13-14H,1-7H2. The van der Waals surface area contributed by atoms with Crippen molar-refractivity contribution in [1.29, 1.82) is 0 Å². The fourth-order valence-electron chi connectivity index (χ4n) is 4.70. The Balaban J connectivity index is 1.78. The molecule has 14 heavy (non-hydrogen) atoms. The monoisotopic (exact) mass is 196 g/mol. The molecule has 4 rings (SSSR count). The van der Waals surface area contributed by atoms with Crippen LogP contribution in [0, 0.1) is 29.1 Å². The lowest BCUT2D eigenvalue weighted by Gasteiger charge is -2.54. The molecule has 4 aliphatic carbocycles. The zero-order valence-electron chi connectivity index (χ0n) is 8.65. The van der Waals surface area contributed by atoms with Crippen molar-refractivity contribution in [3.05, 3.63) is 0 Å². The second-order valence-electron chi connectivity index (χ2n) is 5.74. The molecule has 2 heteroatoms. The normalized spacial score (nSPS) is 55.3. The number of hydrogen-bond acceptors (Lipinski definition) is 2. The Kier molecular flexibility index (Phi) is 1.94. The van der Waals surface area contributed by atoms with Crippen molar-refractivity contribution in [2.45, 2.75) is 32.1 Å². The molecule has 4 fully saturated rings. The highest BCUT2D eigenvalue weighted by Gasteiger charge is 2.64. The first-order valence-electron chi connectivity index (χ1n) is 6.02. The maximum atomic E-state index is 9.37. The van der Waals surface area contributed by atoms with Crippen LogP contribution in [0.4, 0.5) is 0 Å². The minimum atomic E-state index is 0.378. The van der Waals surface area contributed by atoms with E-state index < -0.39 is 0 Å². The highest BCUT2D eigenvalue weighted by atomic mass is 16.3. The van der Waals surface area contributed by atoms with Crippen LogP contribution in [0.1, 0.15) is 32.1 Å². The Labute approximate surface area is 85.3 Å². The molecule has 2 bridgehead atoms. The van der Waals surface area contributed by atoms with Crippen LogP contribution >= 0.6 is 0 Å². The first kappa shape index (κ1) is 9.17. The van der Waals surface area contributed by atoms with Crippen LogP contribution in [0.3, 0.4) is 0 Å². The highest BCUT2D eigenvalue weighted by molar-refractivity contribution is 5.13. The molecule has 0 aromatic carbocycles. The molecule has 0 aromatic heterocycles. The predicted molar refractivity (Wildman–Crippen MR) is 53.6 cm³/mol. The second-order valence-corrected chi connectivity index (χ2v) is 5.74. The summed E-state index contributed by atoms with van der Waals surface area (Å²) in [6, 6.07) is 0. The first-order valence-corrected chi connectivity index (χ1v) is 6.02. The lowest BCUT2D eigenvalue weighted by Crippen LogP contribution is -2.48. The van der Waals surface area contributed by atoms with E-state index in [4.69, 9.17) is 0 Å². The summed E-state index contributed by atoms with van der Waals surface area (Å²) in [6.45, 7) is 0.778. The summed E-state index contributed by atoms with van der Waals surface area (Å²) in [5.74, 6) is 2.90. The fourth-order valence-corrected chi connectivity index (χ4v) is 4.70. The van der Waals surface area contributed by atoms with E-state index in [9.17, 15) is 10.2 Å². The molecule has 1 spiro atoms. The smallest absolute Gasteiger partial charge is 0.0464 e. The van der Waals surface area contributed by atoms with Gasteiger partial charge >= 0.3 is 0 Å². The van der Waals surface area contributed by atoms with Gasteiger partial charge < -0.3 is 10.2 Å². The molecule has 4 aliphatic rings. The van der Waals surface area contributed by atoms with Crippen LogP contribution in [0.25, 0.3) is 0 Å². The number of aliphatic hydroxyl groups is 2. The van der Waals surface area contributed by atoms with Gasteiger partial charge in [0.1, 0.15) is 0 Å². The number of aliphatic hydroxyl groups excluding tert-OH is 2. The van der Waals surface area contributed by atoms with Gasteiger partial charge in [0.2, 0.25) is 0 Å². The molecule has 0 amide bonds. The Morgan fingerprint density at radius 3 is 2.71 bits per heavy atom. The molecule has 0 radical (unpaired) electrons. The van der Waals surface area contributed by atoms with Gasteiger partial charge in [0.25, 0.3) is 0 Å². The van der Waals surface area contributed by atoms with E-state index in [-0.39, 0.29) is 0 Å². The molecule has 2 nitrogen and oxygen atoms in total. The molecule has 0 saturated heterocycles. The number of rotatable bonds is 2. The van der Waals surface area contributed by atoms with E-state index in [2.05, 4.69) is 0 Å². The molecule has 0 heterocycles. The van der Waals surface area contributed by atoms with E-state index in [0.29, 0.717) is 30.5 Å². The Hall–Kier alpha value is -0.0800. The summed E-state index contributed by atoms with van der Waals surface area (Å²) in [5.41, 5.74) is 0.519. The third-order valence-corrected chi connectivity index (χ3v) is 5.43. The van der Waals surface area contributed by atoms with Crippen molar-refractivity contribution in [3.63, 3.8) is 0 Å². The molecule has 5 atom stereocenters. The lowest BCUT2D eigenvalue weighted by atomic mass is 9.50.